The van der Waals surface area contributed by atoms with Gasteiger partial charge in [-0.2, -0.15) is 0 Å². The molecular weight excluding hydrogens is 324 g/mol. The fourth-order valence-electron chi connectivity index (χ4n) is 2.45. The minimum Gasteiger partial charge on any atom is -0.299 e. The molecule has 0 bridgehead atoms. The van der Waals surface area contributed by atoms with Gasteiger partial charge in [0.1, 0.15) is 12.5 Å². The lowest BCUT2D eigenvalue weighted by Gasteiger charge is -2.00. The zero-order valence-corrected chi connectivity index (χ0v) is 14.4. The number of hydrogen-bond donors (Lipinski definition) is 0. The fourth-order valence-corrected chi connectivity index (χ4v) is 2.45. The maximum atomic E-state index is 4.53. The first-order valence-corrected chi connectivity index (χ1v) is 8.45. The van der Waals surface area contributed by atoms with Gasteiger partial charge in [-0.1, -0.05) is 48.5 Å². The lowest BCUT2D eigenvalue weighted by atomic mass is 10.1. The predicted octanol–water partition coefficient (Wildman–Crippen LogP) is 4.87. The van der Waals surface area contributed by atoms with Crippen molar-refractivity contribution in [1.82, 2.24) is 4.98 Å². The molecule has 26 heavy (non-hydrogen) atoms. The van der Waals surface area contributed by atoms with E-state index in [9.17, 15) is 0 Å². The van der Waals surface area contributed by atoms with E-state index in [0.717, 1.165) is 29.4 Å². The molecule has 0 saturated heterocycles. The summed E-state index contributed by atoms with van der Waals surface area (Å²) in [5, 5.41) is 1.15. The van der Waals surface area contributed by atoms with Gasteiger partial charge in [0.05, 0.1) is 5.52 Å². The second kappa shape index (κ2) is 9.79. The van der Waals surface area contributed by atoms with E-state index in [1.54, 1.807) is 12.2 Å². The summed E-state index contributed by atoms with van der Waals surface area (Å²) in [6.07, 6.45) is 11.2. The molecule has 2 aromatic carbocycles. The monoisotopic (exact) mass is 344 g/mol. The minimum absolute atomic E-state index is 0.806. The van der Waals surface area contributed by atoms with Crippen molar-refractivity contribution < 1.29 is 9.78 Å². The largest absolute Gasteiger partial charge is 0.299 e. The summed E-state index contributed by atoms with van der Waals surface area (Å²) in [6.45, 7) is 0.806. The van der Waals surface area contributed by atoms with E-state index in [1.165, 1.54) is 18.1 Å². The second-order valence-corrected chi connectivity index (χ2v) is 5.54. The first-order chi connectivity index (χ1) is 12.9. The van der Waals surface area contributed by atoms with Gasteiger partial charge < -0.3 is 0 Å². The summed E-state index contributed by atoms with van der Waals surface area (Å²) in [6, 6.07) is 20.6. The lowest BCUT2D eigenvalue weighted by Crippen LogP contribution is -1.91. The highest BCUT2D eigenvalue weighted by molar-refractivity contribution is 5.97. The third-order valence-electron chi connectivity index (χ3n) is 3.72. The summed E-state index contributed by atoms with van der Waals surface area (Å²) in [7, 11) is 0. The van der Waals surface area contributed by atoms with Gasteiger partial charge >= 0.3 is 0 Å². The van der Waals surface area contributed by atoms with Crippen molar-refractivity contribution in [2.45, 2.75) is 6.42 Å². The smallest absolute Gasteiger partial charge is 0.142 e. The molecule has 1 aliphatic heterocycles. The van der Waals surface area contributed by atoms with Gasteiger partial charge in [-0.25, -0.2) is 0 Å². The number of benzene rings is 2. The molecule has 4 heteroatoms. The van der Waals surface area contributed by atoms with E-state index in [1.807, 2.05) is 42.7 Å². The Labute approximate surface area is 153 Å². The molecule has 0 N–H and O–H groups in total. The van der Waals surface area contributed by atoms with Crippen LogP contribution in [-0.2, 0) is 16.2 Å². The molecule has 130 valence electrons. The number of allylic oxidation sites excluding steroid dienone is 2. The number of fused-ring (bicyclic) bond motifs is 1. The topological polar surface area (TPSA) is 43.7 Å². The minimum atomic E-state index is 0.806. The Bertz CT molecular complexity index is 885. The molecule has 0 spiro atoms. The Morgan fingerprint density at radius 2 is 1.58 bits per heavy atom. The Balaban J connectivity index is 0.000000278. The van der Waals surface area contributed by atoms with Gasteiger partial charge in [-0.05, 0) is 36.3 Å². The average molecular weight is 344 g/mol. The van der Waals surface area contributed by atoms with Crippen LogP contribution in [0.5, 0.6) is 0 Å². The zero-order chi connectivity index (χ0) is 17.9. The molecule has 0 aliphatic carbocycles. The lowest BCUT2D eigenvalue weighted by molar-refractivity contribution is -0.198. The van der Waals surface area contributed by atoms with Crippen molar-refractivity contribution in [3.63, 3.8) is 0 Å². The third kappa shape index (κ3) is 5.31. The molecule has 4 rings (SSSR count). The Morgan fingerprint density at radius 3 is 2.31 bits per heavy atom. The summed E-state index contributed by atoms with van der Waals surface area (Å²) in [4.78, 5) is 17.5. The highest BCUT2D eigenvalue weighted by atomic mass is 17.2. The molecule has 1 aromatic heterocycles. The Morgan fingerprint density at radius 1 is 0.846 bits per heavy atom. The zero-order valence-electron chi connectivity index (χ0n) is 14.4. The molecule has 4 nitrogen and oxygen atoms in total. The quantitative estimate of drug-likeness (QED) is 0.501. The summed E-state index contributed by atoms with van der Waals surface area (Å²) >= 11 is 0. The molecule has 0 radical (unpaired) electrons. The van der Waals surface area contributed by atoms with Crippen molar-refractivity contribution in [3.05, 3.63) is 103 Å². The number of aliphatic imine (C=N–C) groups is 1. The number of nitrogens with zero attached hydrogens (tertiary/aromatic N) is 2. The third-order valence-corrected chi connectivity index (χ3v) is 3.72. The van der Waals surface area contributed by atoms with E-state index in [0.29, 0.717) is 0 Å². The van der Waals surface area contributed by atoms with Crippen LogP contribution >= 0.6 is 0 Å². The molecule has 3 aromatic rings. The van der Waals surface area contributed by atoms with Crippen molar-refractivity contribution in [3.8, 4) is 0 Å². The normalized spacial score (nSPS) is 12.3. The summed E-state index contributed by atoms with van der Waals surface area (Å²) in [5.74, 6) is 0. The van der Waals surface area contributed by atoms with Crippen LogP contribution in [0.3, 0.4) is 0 Å². The van der Waals surface area contributed by atoms with Gasteiger partial charge in [0.2, 0.25) is 0 Å². The maximum absolute atomic E-state index is 4.53. The van der Waals surface area contributed by atoms with Crippen LogP contribution < -0.4 is 0 Å². The Hall–Kier alpha value is -3.40. The first-order valence-electron chi connectivity index (χ1n) is 8.45. The van der Waals surface area contributed by atoms with Crippen LogP contribution in [-0.4, -0.2) is 17.7 Å². The SMILES string of the molecule is C(=NCCc1ccccc1)c1ccnc2ccccc12.C1=COOC=C1. The fraction of sp³-hybridized carbons (Fsp3) is 0.0909. The van der Waals surface area contributed by atoms with Gasteiger partial charge in [0, 0.05) is 29.9 Å². The van der Waals surface area contributed by atoms with Crippen LogP contribution in [0.2, 0.25) is 0 Å². The Kier molecular flexibility index (Phi) is 6.56. The first kappa shape index (κ1) is 17.4. The van der Waals surface area contributed by atoms with E-state index in [2.05, 4.69) is 50.1 Å². The highest BCUT2D eigenvalue weighted by Gasteiger charge is 1.97. The number of aromatic nitrogens is 1. The summed E-state index contributed by atoms with van der Waals surface area (Å²) in [5.41, 5.74) is 3.47. The van der Waals surface area contributed by atoms with Crippen LogP contribution in [0.15, 0.2) is 96.5 Å². The van der Waals surface area contributed by atoms with E-state index >= 15 is 0 Å². The average Bonchev–Trinajstić information content (AvgIpc) is 2.74. The van der Waals surface area contributed by atoms with Crippen molar-refractivity contribution in [1.29, 1.82) is 0 Å². The van der Waals surface area contributed by atoms with Crippen molar-refractivity contribution >= 4 is 17.1 Å². The van der Waals surface area contributed by atoms with E-state index in [-0.39, 0.29) is 0 Å². The molecular formula is C22H20N2O2. The molecule has 2 heterocycles. The molecule has 0 atom stereocenters. The van der Waals surface area contributed by atoms with Gasteiger partial charge in [-0.15, -0.1) is 0 Å². The number of para-hydroxylation sites is 1. The maximum Gasteiger partial charge on any atom is 0.142 e. The van der Waals surface area contributed by atoms with Gasteiger partial charge in [-0.3, -0.25) is 19.8 Å². The van der Waals surface area contributed by atoms with E-state index < -0.39 is 0 Å². The second-order valence-electron chi connectivity index (χ2n) is 5.54. The van der Waals surface area contributed by atoms with Crippen LogP contribution in [0.25, 0.3) is 10.9 Å². The van der Waals surface area contributed by atoms with Crippen LogP contribution in [0.1, 0.15) is 11.1 Å². The van der Waals surface area contributed by atoms with Crippen molar-refractivity contribution in [2.24, 2.45) is 4.99 Å². The van der Waals surface area contributed by atoms with Crippen molar-refractivity contribution in [2.75, 3.05) is 6.54 Å². The highest BCUT2D eigenvalue weighted by Crippen LogP contribution is 2.14. The molecule has 1 aliphatic rings. The predicted molar refractivity (Wildman–Crippen MR) is 105 cm³/mol. The van der Waals surface area contributed by atoms with Crippen LogP contribution in [0, 0.1) is 0 Å². The number of pyridine rings is 1. The molecule has 0 fully saturated rings. The molecule has 0 unspecified atom stereocenters. The number of hydrogen-bond acceptors (Lipinski definition) is 4. The van der Waals surface area contributed by atoms with E-state index in [4.69, 9.17) is 0 Å². The molecule has 0 amide bonds. The standard InChI is InChI=1S/C18H16N2.C4H4O2/c1-2-6-15(7-3-1)10-12-19-14-16-11-13-20-18-9-5-4-8-17(16)18;1-2-4-6-5-3-1/h1-9,11,13-14H,10,12H2;1-4H. The number of rotatable bonds is 4. The molecule has 0 saturated carbocycles. The van der Waals surface area contributed by atoms with Gasteiger partial charge in [0.15, 0.2) is 0 Å². The van der Waals surface area contributed by atoms with Crippen LogP contribution in [0.4, 0.5) is 0 Å². The summed E-state index contributed by atoms with van der Waals surface area (Å²) < 4.78 is 0. The van der Waals surface area contributed by atoms with Gasteiger partial charge in [0.25, 0.3) is 0 Å².